The molecule has 2 rings (SSSR count). The summed E-state index contributed by atoms with van der Waals surface area (Å²) in [5, 5.41) is 0. The summed E-state index contributed by atoms with van der Waals surface area (Å²) in [6, 6.07) is 3.19. The number of nitrogen functional groups attached to an aromatic ring is 1. The van der Waals surface area contributed by atoms with Crippen molar-refractivity contribution >= 4 is 11.3 Å². The van der Waals surface area contributed by atoms with Gasteiger partial charge in [-0.2, -0.15) is 0 Å². The predicted octanol–water partition coefficient (Wildman–Crippen LogP) is 0.585. The number of pyridine rings is 1. The SMILES string of the molecule is Cc1cc2nccc(=O)n2cc1N. The van der Waals surface area contributed by atoms with Gasteiger partial charge < -0.3 is 5.73 Å². The first kappa shape index (κ1) is 7.79. The number of aryl methyl sites for hydroxylation is 1. The van der Waals surface area contributed by atoms with Crippen LogP contribution in [0.15, 0.2) is 29.3 Å². The Morgan fingerprint density at radius 1 is 1.54 bits per heavy atom. The second kappa shape index (κ2) is 2.58. The summed E-state index contributed by atoms with van der Waals surface area (Å²) < 4.78 is 1.43. The third kappa shape index (κ3) is 1.16. The fraction of sp³-hybridized carbons (Fsp3) is 0.111. The van der Waals surface area contributed by atoms with Gasteiger partial charge in [0.2, 0.25) is 0 Å². The molecule has 4 nitrogen and oxygen atoms in total. The molecule has 0 amide bonds. The lowest BCUT2D eigenvalue weighted by Gasteiger charge is -2.03. The molecule has 0 aliphatic carbocycles. The fourth-order valence-electron chi connectivity index (χ4n) is 1.19. The van der Waals surface area contributed by atoms with E-state index < -0.39 is 0 Å². The Balaban J connectivity index is 2.97. The highest BCUT2D eigenvalue weighted by molar-refractivity contribution is 5.52. The van der Waals surface area contributed by atoms with E-state index in [2.05, 4.69) is 4.98 Å². The lowest BCUT2D eigenvalue weighted by molar-refractivity contribution is 1.04. The van der Waals surface area contributed by atoms with Gasteiger partial charge in [-0.1, -0.05) is 0 Å². The number of rotatable bonds is 0. The van der Waals surface area contributed by atoms with Crippen molar-refractivity contribution in [2.75, 3.05) is 5.73 Å². The van der Waals surface area contributed by atoms with Gasteiger partial charge in [0.1, 0.15) is 5.65 Å². The number of nitrogens with zero attached hydrogens (tertiary/aromatic N) is 2. The average Bonchev–Trinajstić information content (AvgIpc) is 2.09. The zero-order chi connectivity index (χ0) is 9.42. The van der Waals surface area contributed by atoms with Crippen molar-refractivity contribution in [2.24, 2.45) is 0 Å². The molecule has 0 aliphatic rings. The summed E-state index contributed by atoms with van der Waals surface area (Å²) in [5.74, 6) is 0. The number of nitrogens with two attached hydrogens (primary N) is 1. The van der Waals surface area contributed by atoms with Crippen molar-refractivity contribution in [1.82, 2.24) is 9.38 Å². The van der Waals surface area contributed by atoms with E-state index in [9.17, 15) is 4.79 Å². The van der Waals surface area contributed by atoms with E-state index in [0.29, 0.717) is 11.3 Å². The van der Waals surface area contributed by atoms with Crippen LogP contribution in [-0.2, 0) is 0 Å². The van der Waals surface area contributed by atoms with Gasteiger partial charge in [0, 0.05) is 18.5 Å². The van der Waals surface area contributed by atoms with Crippen LogP contribution in [0.25, 0.3) is 5.65 Å². The largest absolute Gasteiger partial charge is 0.397 e. The molecule has 0 saturated carbocycles. The van der Waals surface area contributed by atoms with Crippen molar-refractivity contribution in [3.05, 3.63) is 40.4 Å². The fourth-order valence-corrected chi connectivity index (χ4v) is 1.19. The van der Waals surface area contributed by atoms with Gasteiger partial charge in [-0.25, -0.2) is 4.98 Å². The van der Waals surface area contributed by atoms with Crippen LogP contribution in [0.4, 0.5) is 5.69 Å². The van der Waals surface area contributed by atoms with Crippen LogP contribution in [0.1, 0.15) is 5.56 Å². The molecule has 0 atom stereocenters. The lowest BCUT2D eigenvalue weighted by Crippen LogP contribution is -2.13. The Bertz CT molecular complexity index is 516. The van der Waals surface area contributed by atoms with E-state index in [1.54, 1.807) is 12.3 Å². The first-order valence-electron chi connectivity index (χ1n) is 3.92. The Morgan fingerprint density at radius 3 is 3.08 bits per heavy atom. The second-order valence-electron chi connectivity index (χ2n) is 2.92. The molecule has 2 heterocycles. The molecule has 2 aromatic rings. The highest BCUT2D eigenvalue weighted by atomic mass is 16.1. The van der Waals surface area contributed by atoms with Crippen LogP contribution >= 0.6 is 0 Å². The first-order valence-corrected chi connectivity index (χ1v) is 3.92. The normalized spacial score (nSPS) is 10.5. The molecule has 66 valence electrons. The van der Waals surface area contributed by atoms with E-state index in [4.69, 9.17) is 5.73 Å². The first-order chi connectivity index (χ1) is 6.18. The van der Waals surface area contributed by atoms with Crippen LogP contribution in [0.3, 0.4) is 0 Å². The van der Waals surface area contributed by atoms with E-state index in [0.717, 1.165) is 5.56 Å². The second-order valence-corrected chi connectivity index (χ2v) is 2.92. The summed E-state index contributed by atoms with van der Waals surface area (Å²) in [6.07, 6.45) is 3.09. The molecule has 0 bridgehead atoms. The summed E-state index contributed by atoms with van der Waals surface area (Å²) in [6.45, 7) is 1.88. The zero-order valence-electron chi connectivity index (χ0n) is 7.19. The van der Waals surface area contributed by atoms with Gasteiger partial charge in [-0.05, 0) is 18.6 Å². The number of hydrogen-bond acceptors (Lipinski definition) is 3. The molecule has 2 N–H and O–H groups in total. The summed E-state index contributed by atoms with van der Waals surface area (Å²) in [7, 11) is 0. The predicted molar refractivity (Wildman–Crippen MR) is 50.6 cm³/mol. The van der Waals surface area contributed by atoms with Gasteiger partial charge in [0.25, 0.3) is 5.56 Å². The highest BCUT2D eigenvalue weighted by Gasteiger charge is 1.99. The van der Waals surface area contributed by atoms with Gasteiger partial charge in [0.05, 0.1) is 5.69 Å². The Hall–Kier alpha value is -1.84. The van der Waals surface area contributed by atoms with Crippen LogP contribution in [0.2, 0.25) is 0 Å². The molecule has 0 aromatic carbocycles. The average molecular weight is 175 g/mol. The van der Waals surface area contributed by atoms with Crippen LogP contribution in [0, 0.1) is 6.92 Å². The van der Waals surface area contributed by atoms with Crippen LogP contribution < -0.4 is 11.3 Å². The van der Waals surface area contributed by atoms with E-state index in [-0.39, 0.29) is 5.56 Å². The number of aromatic nitrogens is 2. The Labute approximate surface area is 74.6 Å². The molecular formula is C9H9N3O. The van der Waals surface area contributed by atoms with Gasteiger partial charge in [-0.15, -0.1) is 0 Å². The Morgan fingerprint density at radius 2 is 2.31 bits per heavy atom. The van der Waals surface area contributed by atoms with Gasteiger partial charge >= 0.3 is 0 Å². The Kier molecular flexibility index (Phi) is 1.55. The molecule has 0 unspecified atom stereocenters. The van der Waals surface area contributed by atoms with Crippen molar-refractivity contribution in [3.8, 4) is 0 Å². The van der Waals surface area contributed by atoms with E-state index >= 15 is 0 Å². The number of fused-ring (bicyclic) bond motifs is 1. The molecule has 2 aromatic heterocycles. The summed E-state index contributed by atoms with van der Waals surface area (Å²) in [4.78, 5) is 15.4. The summed E-state index contributed by atoms with van der Waals surface area (Å²) >= 11 is 0. The third-order valence-electron chi connectivity index (χ3n) is 1.98. The highest BCUT2D eigenvalue weighted by Crippen LogP contribution is 2.10. The molecule has 0 radical (unpaired) electrons. The molecule has 13 heavy (non-hydrogen) atoms. The maximum absolute atomic E-state index is 11.3. The van der Waals surface area contributed by atoms with Gasteiger partial charge in [-0.3, -0.25) is 9.20 Å². The number of hydrogen-bond donors (Lipinski definition) is 1. The molecule has 0 spiro atoms. The number of anilines is 1. The minimum Gasteiger partial charge on any atom is -0.397 e. The summed E-state index contributed by atoms with van der Waals surface area (Å²) in [5.41, 5.74) is 7.71. The van der Waals surface area contributed by atoms with Crippen LogP contribution in [0.5, 0.6) is 0 Å². The van der Waals surface area contributed by atoms with Gasteiger partial charge in [0.15, 0.2) is 0 Å². The maximum Gasteiger partial charge on any atom is 0.257 e. The monoisotopic (exact) mass is 175 g/mol. The quantitative estimate of drug-likeness (QED) is 0.637. The third-order valence-corrected chi connectivity index (χ3v) is 1.98. The topological polar surface area (TPSA) is 60.4 Å². The minimum atomic E-state index is -0.114. The van der Waals surface area contributed by atoms with Crippen molar-refractivity contribution < 1.29 is 0 Å². The van der Waals surface area contributed by atoms with Crippen molar-refractivity contribution in [2.45, 2.75) is 6.92 Å². The smallest absolute Gasteiger partial charge is 0.257 e. The molecule has 4 heteroatoms. The molecular weight excluding hydrogens is 166 g/mol. The van der Waals surface area contributed by atoms with Crippen LogP contribution in [-0.4, -0.2) is 9.38 Å². The maximum atomic E-state index is 11.3. The van der Waals surface area contributed by atoms with E-state index in [1.807, 2.05) is 6.92 Å². The molecule has 0 fully saturated rings. The van der Waals surface area contributed by atoms with E-state index in [1.165, 1.54) is 16.7 Å². The van der Waals surface area contributed by atoms with Crippen molar-refractivity contribution in [3.63, 3.8) is 0 Å². The molecule has 0 aliphatic heterocycles. The molecule has 0 saturated heterocycles. The van der Waals surface area contributed by atoms with Crippen molar-refractivity contribution in [1.29, 1.82) is 0 Å². The minimum absolute atomic E-state index is 0.114. The lowest BCUT2D eigenvalue weighted by atomic mass is 10.2. The zero-order valence-corrected chi connectivity index (χ0v) is 7.19. The standard InChI is InChI=1S/C9H9N3O/c1-6-4-8-11-3-2-9(13)12(8)5-7(6)10/h2-5H,10H2,1H3.